The molecular formula is C13H17NO3. The summed E-state index contributed by atoms with van der Waals surface area (Å²) in [5.41, 5.74) is 8.46. The van der Waals surface area contributed by atoms with Crippen LogP contribution < -0.4 is 15.2 Å². The van der Waals surface area contributed by atoms with Crippen molar-refractivity contribution in [1.82, 2.24) is 0 Å². The number of benzene rings is 1. The van der Waals surface area contributed by atoms with Crippen LogP contribution in [-0.4, -0.2) is 13.9 Å². The lowest BCUT2D eigenvalue weighted by molar-refractivity contribution is 0.173. The molecule has 3 rings (SSSR count). The molecule has 1 fully saturated rings. The van der Waals surface area contributed by atoms with Crippen LogP contribution in [0.25, 0.3) is 0 Å². The number of fused-ring (bicyclic) bond motifs is 1. The molecule has 0 aromatic heterocycles. The lowest BCUT2D eigenvalue weighted by atomic mass is 9.71. The summed E-state index contributed by atoms with van der Waals surface area (Å²) in [5.74, 6) is 1.60. The van der Waals surface area contributed by atoms with E-state index in [0.29, 0.717) is 13.4 Å². The van der Waals surface area contributed by atoms with E-state index in [4.69, 9.17) is 19.9 Å². The van der Waals surface area contributed by atoms with Crippen LogP contribution in [0.1, 0.15) is 30.4 Å². The van der Waals surface area contributed by atoms with E-state index in [1.807, 2.05) is 12.1 Å². The van der Waals surface area contributed by atoms with E-state index in [1.165, 1.54) is 6.42 Å². The monoisotopic (exact) mass is 235 g/mol. The first-order valence-electron chi connectivity index (χ1n) is 5.94. The molecule has 0 bridgehead atoms. The summed E-state index contributed by atoms with van der Waals surface area (Å²) in [4.78, 5) is 0. The Morgan fingerprint density at radius 2 is 2.00 bits per heavy atom. The summed E-state index contributed by atoms with van der Waals surface area (Å²) in [6.45, 7) is 0.855. The molecule has 92 valence electrons. The van der Waals surface area contributed by atoms with Crippen LogP contribution in [0.2, 0.25) is 0 Å². The Hall–Kier alpha value is -1.26. The number of ether oxygens (including phenoxy) is 3. The number of methoxy groups -OCH3 is 1. The van der Waals surface area contributed by atoms with Gasteiger partial charge in [0.05, 0.1) is 6.61 Å². The number of rotatable bonds is 3. The molecule has 0 saturated heterocycles. The van der Waals surface area contributed by atoms with Crippen LogP contribution in [0.3, 0.4) is 0 Å². The highest BCUT2D eigenvalue weighted by molar-refractivity contribution is 5.51. The largest absolute Gasteiger partial charge is 0.454 e. The van der Waals surface area contributed by atoms with Crippen molar-refractivity contribution in [3.05, 3.63) is 23.3 Å². The second-order valence-electron chi connectivity index (χ2n) is 4.81. The second kappa shape index (κ2) is 3.89. The number of hydrogen-bond donors (Lipinski definition) is 1. The molecule has 1 aromatic rings. The smallest absolute Gasteiger partial charge is 0.231 e. The molecule has 0 atom stereocenters. The lowest BCUT2D eigenvalue weighted by Crippen LogP contribution is -2.44. The molecular weight excluding hydrogens is 218 g/mol. The molecule has 1 aromatic carbocycles. The van der Waals surface area contributed by atoms with Crippen LogP contribution in [0.4, 0.5) is 0 Å². The van der Waals surface area contributed by atoms with Gasteiger partial charge in [0.25, 0.3) is 0 Å². The van der Waals surface area contributed by atoms with Crippen molar-refractivity contribution in [1.29, 1.82) is 0 Å². The van der Waals surface area contributed by atoms with Gasteiger partial charge < -0.3 is 19.9 Å². The molecule has 1 heterocycles. The van der Waals surface area contributed by atoms with Gasteiger partial charge in [0.1, 0.15) is 0 Å². The minimum Gasteiger partial charge on any atom is -0.454 e. The summed E-state index contributed by atoms with van der Waals surface area (Å²) in [6, 6.07) is 4.02. The van der Waals surface area contributed by atoms with Gasteiger partial charge in [0, 0.05) is 12.6 Å². The van der Waals surface area contributed by atoms with Crippen molar-refractivity contribution >= 4 is 0 Å². The van der Waals surface area contributed by atoms with Crippen LogP contribution in [0, 0.1) is 0 Å². The second-order valence-corrected chi connectivity index (χ2v) is 4.81. The Balaban J connectivity index is 2.05. The maximum Gasteiger partial charge on any atom is 0.231 e. The zero-order valence-corrected chi connectivity index (χ0v) is 9.99. The highest BCUT2D eigenvalue weighted by Gasteiger charge is 2.37. The first-order valence-corrected chi connectivity index (χ1v) is 5.94. The minimum atomic E-state index is -0.200. The van der Waals surface area contributed by atoms with Crippen molar-refractivity contribution in [3.8, 4) is 11.5 Å². The summed E-state index contributed by atoms with van der Waals surface area (Å²) >= 11 is 0. The molecule has 1 saturated carbocycles. The Bertz CT molecular complexity index is 441. The molecule has 2 N–H and O–H groups in total. The zero-order chi connectivity index (χ0) is 11.9. The Morgan fingerprint density at radius 1 is 1.29 bits per heavy atom. The van der Waals surface area contributed by atoms with Gasteiger partial charge in [-0.15, -0.1) is 0 Å². The van der Waals surface area contributed by atoms with Crippen molar-refractivity contribution < 1.29 is 14.2 Å². The molecule has 1 aliphatic heterocycles. The van der Waals surface area contributed by atoms with Crippen molar-refractivity contribution in [3.63, 3.8) is 0 Å². The summed E-state index contributed by atoms with van der Waals surface area (Å²) < 4.78 is 16.0. The fourth-order valence-corrected chi connectivity index (χ4v) is 2.55. The third-order valence-corrected chi connectivity index (χ3v) is 3.68. The predicted molar refractivity (Wildman–Crippen MR) is 63.0 cm³/mol. The molecule has 17 heavy (non-hydrogen) atoms. The summed E-state index contributed by atoms with van der Waals surface area (Å²) in [7, 11) is 1.69. The zero-order valence-electron chi connectivity index (χ0n) is 9.99. The molecule has 1 aliphatic carbocycles. The van der Waals surface area contributed by atoms with Crippen LogP contribution >= 0.6 is 0 Å². The standard InChI is InChI=1S/C13H17NO3/c1-15-7-9-5-11-12(17-8-16-11)6-10(9)13(14)3-2-4-13/h5-6H,2-4,7-8,14H2,1H3. The quantitative estimate of drug-likeness (QED) is 0.869. The number of nitrogens with two attached hydrogens (primary N) is 1. The number of hydrogen-bond acceptors (Lipinski definition) is 4. The molecule has 0 amide bonds. The fourth-order valence-electron chi connectivity index (χ4n) is 2.55. The fraction of sp³-hybridized carbons (Fsp3) is 0.538. The van der Waals surface area contributed by atoms with E-state index < -0.39 is 0 Å². The molecule has 4 heteroatoms. The van der Waals surface area contributed by atoms with Gasteiger partial charge in [0.2, 0.25) is 6.79 Å². The van der Waals surface area contributed by atoms with Crippen molar-refractivity contribution in [2.24, 2.45) is 5.73 Å². The van der Waals surface area contributed by atoms with Crippen molar-refractivity contribution in [2.75, 3.05) is 13.9 Å². The molecule has 0 unspecified atom stereocenters. The van der Waals surface area contributed by atoms with Gasteiger partial charge in [-0.1, -0.05) is 0 Å². The molecule has 0 spiro atoms. The summed E-state index contributed by atoms with van der Waals surface area (Å²) in [6.07, 6.45) is 3.25. The van der Waals surface area contributed by atoms with E-state index in [2.05, 4.69) is 0 Å². The van der Waals surface area contributed by atoms with E-state index >= 15 is 0 Å². The van der Waals surface area contributed by atoms with Crippen LogP contribution in [-0.2, 0) is 16.9 Å². The maximum absolute atomic E-state index is 6.40. The summed E-state index contributed by atoms with van der Waals surface area (Å²) in [5, 5.41) is 0. The Labute approximate surface area is 101 Å². The average Bonchev–Trinajstić information content (AvgIpc) is 2.72. The third-order valence-electron chi connectivity index (χ3n) is 3.68. The van der Waals surface area contributed by atoms with E-state index in [1.54, 1.807) is 7.11 Å². The normalized spacial score (nSPS) is 20.1. The van der Waals surface area contributed by atoms with Gasteiger partial charge >= 0.3 is 0 Å². The van der Waals surface area contributed by atoms with E-state index in [9.17, 15) is 0 Å². The first-order chi connectivity index (χ1) is 8.23. The predicted octanol–water partition coefficient (Wildman–Crippen LogP) is 1.90. The third kappa shape index (κ3) is 1.68. The first kappa shape index (κ1) is 10.9. The topological polar surface area (TPSA) is 53.7 Å². The Morgan fingerprint density at radius 3 is 2.59 bits per heavy atom. The van der Waals surface area contributed by atoms with Gasteiger partial charge in [-0.25, -0.2) is 0 Å². The highest BCUT2D eigenvalue weighted by Crippen LogP contribution is 2.45. The van der Waals surface area contributed by atoms with E-state index in [-0.39, 0.29) is 5.54 Å². The lowest BCUT2D eigenvalue weighted by Gasteiger charge is -2.40. The Kier molecular flexibility index (Phi) is 2.49. The molecule has 2 aliphatic rings. The van der Waals surface area contributed by atoms with Gasteiger partial charge in [-0.3, -0.25) is 0 Å². The van der Waals surface area contributed by atoms with Gasteiger partial charge in [-0.2, -0.15) is 0 Å². The van der Waals surface area contributed by atoms with Gasteiger partial charge in [-0.05, 0) is 42.5 Å². The maximum atomic E-state index is 6.40. The minimum absolute atomic E-state index is 0.200. The van der Waals surface area contributed by atoms with Crippen molar-refractivity contribution in [2.45, 2.75) is 31.4 Å². The highest BCUT2D eigenvalue weighted by atomic mass is 16.7. The van der Waals surface area contributed by atoms with Gasteiger partial charge in [0.15, 0.2) is 11.5 Å². The molecule has 4 nitrogen and oxygen atoms in total. The average molecular weight is 235 g/mol. The van der Waals surface area contributed by atoms with Crippen LogP contribution in [0.15, 0.2) is 12.1 Å². The molecule has 0 radical (unpaired) electrons. The van der Waals surface area contributed by atoms with Crippen LogP contribution in [0.5, 0.6) is 11.5 Å². The SMILES string of the molecule is COCc1cc2c(cc1C1(N)CCC1)OCO2. The van der Waals surface area contributed by atoms with E-state index in [0.717, 1.165) is 35.5 Å².